The van der Waals surface area contributed by atoms with E-state index in [1.165, 1.54) is 28.0 Å². The van der Waals surface area contributed by atoms with E-state index in [0.717, 1.165) is 30.0 Å². The van der Waals surface area contributed by atoms with E-state index in [1.807, 2.05) is 17.8 Å². The Balaban J connectivity index is 1.76. The smallest absolute Gasteiger partial charge is 0.341 e. The van der Waals surface area contributed by atoms with Crippen molar-refractivity contribution in [2.24, 2.45) is 13.0 Å². The fourth-order valence-electron chi connectivity index (χ4n) is 3.04. The zero-order chi connectivity index (χ0) is 18.7. The van der Waals surface area contributed by atoms with Crippen LogP contribution in [-0.4, -0.2) is 33.8 Å². The molecule has 1 N–H and O–H groups in total. The van der Waals surface area contributed by atoms with Crippen molar-refractivity contribution in [2.45, 2.75) is 38.3 Å². The summed E-state index contributed by atoms with van der Waals surface area (Å²) in [5.41, 5.74) is 1.60. The van der Waals surface area contributed by atoms with Gasteiger partial charge in [0, 0.05) is 24.3 Å². The van der Waals surface area contributed by atoms with Gasteiger partial charge in [-0.2, -0.15) is 0 Å². The maximum atomic E-state index is 12.5. The summed E-state index contributed by atoms with van der Waals surface area (Å²) < 4.78 is 7.10. The number of hydrogen-bond donors (Lipinski definition) is 1. The zero-order valence-corrected chi connectivity index (χ0v) is 16.8. The summed E-state index contributed by atoms with van der Waals surface area (Å²) in [6, 6.07) is 0. The van der Waals surface area contributed by atoms with Crippen LogP contribution in [0.25, 0.3) is 0 Å². The van der Waals surface area contributed by atoms with Crippen LogP contribution in [0.4, 0.5) is 5.00 Å². The number of thioether (sulfide) groups is 1. The average molecular weight is 394 g/mol. The van der Waals surface area contributed by atoms with Gasteiger partial charge in [0.25, 0.3) is 0 Å². The first-order valence-electron chi connectivity index (χ1n) is 8.71. The van der Waals surface area contributed by atoms with E-state index in [4.69, 9.17) is 4.74 Å². The van der Waals surface area contributed by atoms with Crippen LogP contribution in [0.3, 0.4) is 0 Å². The Kier molecular flexibility index (Phi) is 6.03. The first-order valence-corrected chi connectivity index (χ1v) is 10.5. The molecule has 8 heteroatoms. The number of esters is 1. The summed E-state index contributed by atoms with van der Waals surface area (Å²) in [7, 11) is 1.89. The molecule has 1 amide bonds. The van der Waals surface area contributed by atoms with Crippen LogP contribution in [0, 0.1) is 5.92 Å². The van der Waals surface area contributed by atoms with Crippen molar-refractivity contribution in [3.8, 4) is 0 Å². The van der Waals surface area contributed by atoms with Crippen LogP contribution in [-0.2, 0) is 29.4 Å². The summed E-state index contributed by atoms with van der Waals surface area (Å²) in [6.07, 6.45) is 6.41. The highest BCUT2D eigenvalue weighted by molar-refractivity contribution is 7.99. The fourth-order valence-corrected chi connectivity index (χ4v) is 5.19. The third kappa shape index (κ3) is 4.12. The van der Waals surface area contributed by atoms with Gasteiger partial charge < -0.3 is 14.6 Å². The van der Waals surface area contributed by atoms with E-state index in [9.17, 15) is 9.59 Å². The molecule has 0 radical (unpaired) electrons. The number of anilines is 1. The number of aryl methyl sites for hydroxylation is 1. The number of carbonyl (C=O) groups is 2. The van der Waals surface area contributed by atoms with Gasteiger partial charge in [-0.3, -0.25) is 4.79 Å². The number of carbonyl (C=O) groups excluding carboxylic acids is 2. The third-order valence-electron chi connectivity index (χ3n) is 4.35. The van der Waals surface area contributed by atoms with Crippen molar-refractivity contribution in [1.82, 2.24) is 9.55 Å². The summed E-state index contributed by atoms with van der Waals surface area (Å²) in [6.45, 7) is 4.33. The quantitative estimate of drug-likeness (QED) is 0.600. The first-order chi connectivity index (χ1) is 12.5. The van der Waals surface area contributed by atoms with Crippen molar-refractivity contribution in [1.29, 1.82) is 0 Å². The van der Waals surface area contributed by atoms with Crippen LogP contribution in [0.15, 0.2) is 17.6 Å². The standard InChI is InChI=1S/C18H23N3O3S2/c1-4-24-17(23)15-12-6-5-11(2)9-13(12)26-16(15)20-14(22)10-25-18-19-7-8-21(18)3/h7-8,11H,4-6,9-10H2,1-3H3,(H,20,22)/t11-/m1/s1. The van der Waals surface area contributed by atoms with Crippen LogP contribution in [0.1, 0.15) is 41.1 Å². The number of nitrogens with zero attached hydrogens (tertiary/aromatic N) is 2. The second-order valence-corrected chi connectivity index (χ2v) is 8.48. The largest absolute Gasteiger partial charge is 0.462 e. The predicted octanol–water partition coefficient (Wildman–Crippen LogP) is 3.51. The number of ether oxygens (including phenoxy) is 1. The van der Waals surface area contributed by atoms with Gasteiger partial charge in [0.05, 0.1) is 17.9 Å². The summed E-state index contributed by atoms with van der Waals surface area (Å²) >= 11 is 2.88. The second kappa shape index (κ2) is 8.26. The highest BCUT2D eigenvalue weighted by atomic mass is 32.2. The molecule has 26 heavy (non-hydrogen) atoms. The van der Waals surface area contributed by atoms with E-state index in [2.05, 4.69) is 17.2 Å². The first kappa shape index (κ1) is 19.0. The van der Waals surface area contributed by atoms with Crippen LogP contribution >= 0.6 is 23.1 Å². The monoisotopic (exact) mass is 393 g/mol. The molecule has 0 saturated carbocycles. The minimum atomic E-state index is -0.341. The number of imidazole rings is 1. The van der Waals surface area contributed by atoms with E-state index in [0.29, 0.717) is 23.1 Å². The van der Waals surface area contributed by atoms with Gasteiger partial charge in [-0.25, -0.2) is 9.78 Å². The van der Waals surface area contributed by atoms with Crippen LogP contribution in [0.2, 0.25) is 0 Å². The zero-order valence-electron chi connectivity index (χ0n) is 15.2. The van der Waals surface area contributed by atoms with Crippen LogP contribution in [0.5, 0.6) is 0 Å². The normalized spacial score (nSPS) is 16.2. The lowest BCUT2D eigenvalue weighted by Crippen LogP contribution is -2.18. The molecule has 0 aromatic carbocycles. The molecule has 0 fully saturated rings. The molecule has 3 rings (SSSR count). The number of nitrogens with one attached hydrogen (secondary N) is 1. The third-order valence-corrected chi connectivity index (χ3v) is 6.58. The number of rotatable bonds is 6. The molecule has 1 atom stereocenters. The van der Waals surface area contributed by atoms with E-state index in [1.54, 1.807) is 13.1 Å². The number of hydrogen-bond acceptors (Lipinski definition) is 6. The van der Waals surface area contributed by atoms with E-state index < -0.39 is 0 Å². The summed E-state index contributed by atoms with van der Waals surface area (Å²) in [5, 5.41) is 4.33. The average Bonchev–Trinajstić information content (AvgIpc) is 3.15. The lowest BCUT2D eigenvalue weighted by molar-refractivity contribution is -0.113. The van der Waals surface area contributed by atoms with E-state index >= 15 is 0 Å². The fraction of sp³-hybridized carbons (Fsp3) is 0.500. The molecule has 0 saturated heterocycles. The highest BCUT2D eigenvalue weighted by Crippen LogP contribution is 2.40. The van der Waals surface area contributed by atoms with Gasteiger partial charge in [0.15, 0.2) is 5.16 Å². The topological polar surface area (TPSA) is 73.2 Å². The molecule has 0 bridgehead atoms. The molecule has 2 heterocycles. The molecule has 0 spiro atoms. The number of thiophene rings is 1. The maximum Gasteiger partial charge on any atom is 0.341 e. The Hall–Kier alpha value is -1.80. The van der Waals surface area contributed by atoms with Crippen molar-refractivity contribution < 1.29 is 14.3 Å². The molecule has 0 unspecified atom stereocenters. The van der Waals surface area contributed by atoms with Crippen LogP contribution < -0.4 is 5.32 Å². The highest BCUT2D eigenvalue weighted by Gasteiger charge is 2.29. The van der Waals surface area contributed by atoms with Crippen molar-refractivity contribution in [3.05, 3.63) is 28.4 Å². The molecule has 1 aliphatic rings. The Morgan fingerprint density at radius 3 is 3.00 bits per heavy atom. The van der Waals surface area contributed by atoms with Gasteiger partial charge >= 0.3 is 5.97 Å². The predicted molar refractivity (Wildman–Crippen MR) is 104 cm³/mol. The van der Waals surface area contributed by atoms with Gasteiger partial charge in [-0.1, -0.05) is 18.7 Å². The summed E-state index contributed by atoms with van der Waals surface area (Å²) in [4.78, 5) is 30.3. The van der Waals surface area contributed by atoms with Gasteiger partial charge in [0.1, 0.15) is 5.00 Å². The Bertz CT molecular complexity index is 813. The lowest BCUT2D eigenvalue weighted by Gasteiger charge is -2.18. The second-order valence-electron chi connectivity index (χ2n) is 6.43. The number of fused-ring (bicyclic) bond motifs is 1. The molecule has 6 nitrogen and oxygen atoms in total. The van der Waals surface area contributed by atoms with Gasteiger partial charge in [-0.15, -0.1) is 11.3 Å². The Morgan fingerprint density at radius 1 is 1.50 bits per heavy atom. The number of aromatic nitrogens is 2. The molecule has 2 aromatic heterocycles. The number of amides is 1. The van der Waals surface area contributed by atoms with Gasteiger partial charge in [0.2, 0.25) is 5.91 Å². The lowest BCUT2D eigenvalue weighted by atomic mass is 9.88. The molecular weight excluding hydrogens is 370 g/mol. The minimum Gasteiger partial charge on any atom is -0.462 e. The maximum absolute atomic E-state index is 12.5. The molecule has 140 valence electrons. The SMILES string of the molecule is CCOC(=O)c1c(NC(=O)CSc2nccn2C)sc2c1CC[C@@H](C)C2. The van der Waals surface area contributed by atoms with Crippen molar-refractivity contribution in [2.75, 3.05) is 17.7 Å². The van der Waals surface area contributed by atoms with Crippen molar-refractivity contribution >= 4 is 40.0 Å². The Morgan fingerprint density at radius 2 is 2.31 bits per heavy atom. The van der Waals surface area contributed by atoms with Crippen molar-refractivity contribution in [3.63, 3.8) is 0 Å². The molecule has 0 aliphatic heterocycles. The minimum absolute atomic E-state index is 0.143. The summed E-state index contributed by atoms with van der Waals surface area (Å²) in [5.74, 6) is 0.354. The molecular formula is C18H23N3O3S2. The Labute approximate surface area is 161 Å². The van der Waals surface area contributed by atoms with E-state index in [-0.39, 0.29) is 17.6 Å². The molecule has 2 aromatic rings. The molecule has 1 aliphatic carbocycles. The van der Waals surface area contributed by atoms with Gasteiger partial charge in [-0.05, 0) is 37.7 Å².